The molecular formula is C28H26ClN3O5. The van der Waals surface area contributed by atoms with Gasteiger partial charge in [0.1, 0.15) is 22.2 Å². The van der Waals surface area contributed by atoms with E-state index in [4.69, 9.17) is 21.1 Å². The molecule has 0 bridgehead atoms. The first-order valence-corrected chi connectivity index (χ1v) is 11.8. The summed E-state index contributed by atoms with van der Waals surface area (Å²) in [6.07, 6.45) is 0. The maximum atomic E-state index is 13.3. The lowest BCUT2D eigenvalue weighted by atomic mass is 10.1. The highest BCUT2D eigenvalue weighted by atomic mass is 35.5. The number of anilines is 3. The van der Waals surface area contributed by atoms with Gasteiger partial charge in [-0.15, -0.1) is 0 Å². The van der Waals surface area contributed by atoms with Crippen LogP contribution in [0.4, 0.5) is 17.1 Å². The molecule has 0 saturated heterocycles. The topological polar surface area (TPSA) is 97.0 Å². The Labute approximate surface area is 219 Å². The lowest BCUT2D eigenvalue weighted by Crippen LogP contribution is -2.32. The summed E-state index contributed by atoms with van der Waals surface area (Å²) in [5.74, 6) is -0.886. The number of rotatable bonds is 7. The minimum Gasteiger partial charge on any atom is -0.497 e. The second-order valence-corrected chi connectivity index (χ2v) is 8.96. The first kappa shape index (κ1) is 25.8. The molecule has 1 aliphatic rings. The smallest absolute Gasteiger partial charge is 0.283 e. The molecule has 3 amide bonds. The predicted octanol–water partition coefficient (Wildman–Crippen LogP) is 5.32. The predicted molar refractivity (Wildman–Crippen MR) is 144 cm³/mol. The zero-order valence-corrected chi connectivity index (χ0v) is 21.8. The van der Waals surface area contributed by atoms with Crippen LogP contribution in [-0.2, 0) is 9.59 Å². The molecule has 2 N–H and O–H groups in total. The number of hydrogen-bond donors (Lipinski definition) is 2. The number of ether oxygens (including phenoxy) is 2. The average molecular weight is 520 g/mol. The first-order valence-electron chi connectivity index (χ1n) is 11.4. The molecule has 190 valence electrons. The van der Waals surface area contributed by atoms with E-state index in [2.05, 4.69) is 10.6 Å². The van der Waals surface area contributed by atoms with Crippen LogP contribution in [0.3, 0.4) is 0 Å². The average Bonchev–Trinajstić information content (AvgIpc) is 3.09. The summed E-state index contributed by atoms with van der Waals surface area (Å²) in [6, 6.07) is 15.4. The Morgan fingerprint density at radius 2 is 1.57 bits per heavy atom. The third-order valence-corrected chi connectivity index (χ3v) is 6.53. The van der Waals surface area contributed by atoms with E-state index in [0.29, 0.717) is 22.7 Å². The lowest BCUT2D eigenvalue weighted by Gasteiger charge is -2.19. The summed E-state index contributed by atoms with van der Waals surface area (Å²) in [5, 5.41) is 5.58. The van der Waals surface area contributed by atoms with Crippen LogP contribution in [0.25, 0.3) is 0 Å². The number of hydrogen-bond acceptors (Lipinski definition) is 6. The minimum atomic E-state index is -0.695. The molecule has 9 heteroatoms. The number of aryl methyl sites for hydroxylation is 3. The molecule has 0 fully saturated rings. The van der Waals surface area contributed by atoms with Crippen molar-refractivity contribution < 1.29 is 23.9 Å². The van der Waals surface area contributed by atoms with Crippen molar-refractivity contribution in [3.63, 3.8) is 0 Å². The van der Waals surface area contributed by atoms with Crippen LogP contribution in [0.15, 0.2) is 65.3 Å². The van der Waals surface area contributed by atoms with Crippen molar-refractivity contribution in [3.05, 3.63) is 87.6 Å². The van der Waals surface area contributed by atoms with Gasteiger partial charge in [0.25, 0.3) is 17.7 Å². The van der Waals surface area contributed by atoms with Crippen LogP contribution in [0.2, 0.25) is 0 Å². The van der Waals surface area contributed by atoms with Gasteiger partial charge in [0, 0.05) is 23.0 Å². The SMILES string of the molecule is COc1ccc(N2C(=O)C(Cl)=C(Nc3cc(C(=O)Nc4ccc(C)c(C)c4)ccc3C)C2=O)c(OC)c1. The number of nitrogens with zero attached hydrogens (tertiary/aromatic N) is 1. The molecule has 0 saturated carbocycles. The van der Waals surface area contributed by atoms with E-state index in [0.717, 1.165) is 21.6 Å². The van der Waals surface area contributed by atoms with E-state index in [-0.39, 0.29) is 28.1 Å². The van der Waals surface area contributed by atoms with Crippen LogP contribution >= 0.6 is 11.6 Å². The molecule has 3 aromatic carbocycles. The van der Waals surface area contributed by atoms with Crippen molar-refractivity contribution >= 4 is 46.4 Å². The number of nitrogens with one attached hydrogen (secondary N) is 2. The summed E-state index contributed by atoms with van der Waals surface area (Å²) >= 11 is 6.32. The van der Waals surface area contributed by atoms with Crippen LogP contribution < -0.4 is 25.0 Å². The molecule has 8 nitrogen and oxygen atoms in total. The molecule has 1 heterocycles. The first-order chi connectivity index (χ1) is 17.6. The second-order valence-electron chi connectivity index (χ2n) is 8.58. The molecule has 0 aliphatic carbocycles. The Kier molecular flexibility index (Phi) is 7.22. The monoisotopic (exact) mass is 519 g/mol. The van der Waals surface area contributed by atoms with Crippen molar-refractivity contribution in [2.24, 2.45) is 0 Å². The van der Waals surface area contributed by atoms with Gasteiger partial charge in [-0.3, -0.25) is 14.4 Å². The third kappa shape index (κ3) is 5.01. The normalized spacial score (nSPS) is 13.2. The van der Waals surface area contributed by atoms with Crippen molar-refractivity contribution in [2.75, 3.05) is 29.8 Å². The molecule has 3 aromatic rings. The number of carbonyl (C=O) groups excluding carboxylic acids is 3. The van der Waals surface area contributed by atoms with Crippen molar-refractivity contribution in [2.45, 2.75) is 20.8 Å². The van der Waals surface area contributed by atoms with Gasteiger partial charge in [-0.05, 0) is 73.9 Å². The summed E-state index contributed by atoms with van der Waals surface area (Å²) < 4.78 is 10.5. The fourth-order valence-electron chi connectivity index (χ4n) is 3.85. The van der Waals surface area contributed by atoms with Gasteiger partial charge in [0.05, 0.1) is 19.9 Å². The maximum Gasteiger partial charge on any atom is 0.283 e. The quantitative estimate of drug-likeness (QED) is 0.410. The molecular weight excluding hydrogens is 494 g/mol. The maximum absolute atomic E-state index is 13.3. The highest BCUT2D eigenvalue weighted by molar-refractivity contribution is 6.53. The van der Waals surface area contributed by atoms with Crippen LogP contribution in [0.1, 0.15) is 27.0 Å². The lowest BCUT2D eigenvalue weighted by molar-refractivity contribution is -0.120. The highest BCUT2D eigenvalue weighted by Gasteiger charge is 2.40. The van der Waals surface area contributed by atoms with Crippen LogP contribution in [0, 0.1) is 20.8 Å². The second kappa shape index (κ2) is 10.4. The Bertz CT molecular complexity index is 1460. The minimum absolute atomic E-state index is 0.0978. The molecule has 0 unspecified atom stereocenters. The zero-order valence-electron chi connectivity index (χ0n) is 21.1. The number of amides is 3. The van der Waals surface area contributed by atoms with Gasteiger partial charge >= 0.3 is 0 Å². The number of benzene rings is 3. The Hall–Kier alpha value is -4.30. The number of carbonyl (C=O) groups is 3. The number of halogens is 1. The molecule has 1 aliphatic heterocycles. The van der Waals surface area contributed by atoms with Crippen molar-refractivity contribution in [1.82, 2.24) is 0 Å². The van der Waals surface area contributed by atoms with E-state index in [1.54, 1.807) is 36.4 Å². The fraction of sp³-hybridized carbons (Fsp3) is 0.179. The molecule has 0 radical (unpaired) electrons. The largest absolute Gasteiger partial charge is 0.497 e. The summed E-state index contributed by atoms with van der Waals surface area (Å²) in [6.45, 7) is 5.79. The van der Waals surface area contributed by atoms with Gasteiger partial charge in [-0.2, -0.15) is 0 Å². The van der Waals surface area contributed by atoms with Crippen molar-refractivity contribution in [1.29, 1.82) is 0 Å². The third-order valence-electron chi connectivity index (χ3n) is 6.18. The summed E-state index contributed by atoms with van der Waals surface area (Å²) in [7, 11) is 2.93. The molecule has 4 rings (SSSR count). The Morgan fingerprint density at radius 1 is 0.838 bits per heavy atom. The molecule has 0 spiro atoms. The van der Waals surface area contributed by atoms with E-state index in [1.165, 1.54) is 14.2 Å². The van der Waals surface area contributed by atoms with Crippen LogP contribution in [-0.4, -0.2) is 31.9 Å². The van der Waals surface area contributed by atoms with Gasteiger partial charge in [0.2, 0.25) is 0 Å². The van der Waals surface area contributed by atoms with E-state index in [9.17, 15) is 14.4 Å². The standard InChI is InChI=1S/C28H26ClN3O5/c1-15-7-9-19(12-17(15)3)30-26(33)18-8-6-16(2)21(13-18)31-25-24(29)27(34)32(28(25)35)22-11-10-20(36-4)14-23(22)37-5/h6-14,31H,1-5H3,(H,30,33). The van der Waals surface area contributed by atoms with Crippen molar-refractivity contribution in [3.8, 4) is 11.5 Å². The number of methoxy groups -OCH3 is 2. The van der Waals surface area contributed by atoms with Gasteiger partial charge < -0.3 is 20.1 Å². The highest BCUT2D eigenvalue weighted by Crippen LogP contribution is 2.38. The van der Waals surface area contributed by atoms with Gasteiger partial charge in [-0.1, -0.05) is 23.7 Å². The van der Waals surface area contributed by atoms with E-state index in [1.807, 2.05) is 39.0 Å². The van der Waals surface area contributed by atoms with Crippen LogP contribution in [0.5, 0.6) is 11.5 Å². The molecule has 37 heavy (non-hydrogen) atoms. The summed E-state index contributed by atoms with van der Waals surface area (Å²) in [5.41, 5.74) is 4.58. The Balaban J connectivity index is 1.60. The van der Waals surface area contributed by atoms with E-state index < -0.39 is 11.8 Å². The van der Waals surface area contributed by atoms with Gasteiger partial charge in [-0.25, -0.2) is 4.90 Å². The Morgan fingerprint density at radius 3 is 2.24 bits per heavy atom. The fourth-order valence-corrected chi connectivity index (χ4v) is 4.07. The summed E-state index contributed by atoms with van der Waals surface area (Å²) in [4.78, 5) is 40.2. The zero-order chi connectivity index (χ0) is 26.9. The molecule has 0 atom stereocenters. The number of imide groups is 1. The molecule has 0 aromatic heterocycles. The van der Waals surface area contributed by atoms with E-state index >= 15 is 0 Å². The van der Waals surface area contributed by atoms with Gasteiger partial charge in [0.15, 0.2) is 0 Å².